The molecule has 3 nitrogen and oxygen atoms in total. The molecule has 5 heteroatoms. The molecule has 0 spiro atoms. The Kier molecular flexibility index (Phi) is 16.4. The lowest BCUT2D eigenvalue weighted by Gasteiger charge is -2.45. The van der Waals surface area contributed by atoms with Gasteiger partial charge in [0.15, 0.2) is 0 Å². The summed E-state index contributed by atoms with van der Waals surface area (Å²) < 4.78 is 5.11. The van der Waals surface area contributed by atoms with Crippen molar-refractivity contribution in [1.82, 2.24) is 4.57 Å². The summed E-state index contributed by atoms with van der Waals surface area (Å²) in [6, 6.07) is 115. The minimum absolute atomic E-state index is 0.0584. The van der Waals surface area contributed by atoms with Crippen LogP contribution in [-0.2, 0) is 27.1 Å². The maximum atomic E-state index is 2.75. The first-order valence-corrected chi connectivity index (χ1v) is 39.8. The number of rotatable bonds is 9. The Labute approximate surface area is 648 Å². The zero-order chi connectivity index (χ0) is 75.4. The smallest absolute Gasteiger partial charge is 0.252 e. The van der Waals surface area contributed by atoms with Gasteiger partial charge >= 0.3 is 0 Å². The predicted octanol–water partition coefficient (Wildman–Crippen LogP) is 27.7. The van der Waals surface area contributed by atoms with E-state index in [1.54, 1.807) is 0 Å². The monoisotopic (exact) mass is 1430 g/mol. The number of thiophene rings is 1. The summed E-state index contributed by atoms with van der Waals surface area (Å²) in [6.45, 7) is 35.0. The third kappa shape index (κ3) is 12.1. The quantitative estimate of drug-likeness (QED) is 0.133. The topological polar surface area (TPSA) is 11.4 Å². The molecule has 0 atom stereocenters. The average molecular weight is 1430 g/mol. The molecule has 0 bridgehead atoms. The van der Waals surface area contributed by atoms with Crippen LogP contribution < -0.4 is 26.2 Å². The van der Waals surface area contributed by atoms with Gasteiger partial charge in [-0.3, -0.25) is 0 Å². The standard InChI is InChI=1S/C104H94BN3S/c1-100(2,3)74-44-49-89-85(60-74)86-61-75(101(4,5)6)45-50-90(86)106(89)79-46-48-88-92(64-79)107(80-54-70(65-31-20-16-21-32-65)51-71(55-80)66-33-22-17-23-34-66)93-57-73(81-40-30-42-96-97(81)82-39-28-29-41-95(82)109-96)58-94-98(93)105(88)87-47-43-69(72-52-76(102(7,8)9)59-77(53-72)103(10,11)12)56-91(87)108(94)99-83(67-35-24-18-25-36-67)62-78(104(13,14)15)63-84(99)68-37-26-19-27-38-68/h16-64H,1-15H3. The average Bonchev–Trinajstić information content (AvgIpc) is 1.26. The van der Waals surface area contributed by atoms with E-state index in [9.17, 15) is 0 Å². The van der Waals surface area contributed by atoms with Gasteiger partial charge in [-0.05, 0) is 224 Å². The zero-order valence-electron chi connectivity index (χ0n) is 65.6. The van der Waals surface area contributed by atoms with Crippen molar-refractivity contribution in [3.05, 3.63) is 325 Å². The summed E-state index contributed by atoms with van der Waals surface area (Å²) >= 11 is 1.88. The number of aromatic nitrogens is 1. The molecule has 14 aromatic carbocycles. The SMILES string of the molecule is CC(C)(C)c1cc(-c2ccc3c(c2)N(c2c(-c4ccccc4)cc(C(C)(C)C)cc2-c2ccccc2)c2cc(-c4cccc5sc6ccccc6c45)cc4c2B3c2ccc(-n3c5ccc(C(C)(C)C)cc5c5cc(C(C)(C)C)ccc53)cc2N4c2cc(-c3ccccc3)cc(-c3ccccc3)c2)cc(C(C)(C)C)c1. The first kappa shape index (κ1) is 69.5. The lowest BCUT2D eigenvalue weighted by atomic mass is 9.33. The van der Waals surface area contributed by atoms with Gasteiger partial charge in [-0.15, -0.1) is 11.3 Å². The van der Waals surface area contributed by atoms with Crippen molar-refractivity contribution < 1.29 is 0 Å². The minimum atomic E-state index is -0.245. The molecule has 0 N–H and O–H groups in total. The lowest BCUT2D eigenvalue weighted by molar-refractivity contribution is 0.569. The maximum Gasteiger partial charge on any atom is 0.252 e. The normalized spacial score (nSPS) is 13.2. The Morgan fingerprint density at radius 2 is 0.697 bits per heavy atom. The molecule has 4 heterocycles. The molecule has 109 heavy (non-hydrogen) atoms. The third-order valence-corrected chi connectivity index (χ3v) is 24.4. The van der Waals surface area contributed by atoms with Crippen LogP contribution in [0, 0.1) is 0 Å². The number of fused-ring (bicyclic) bond motifs is 10. The van der Waals surface area contributed by atoms with Gasteiger partial charge in [0.2, 0.25) is 0 Å². The van der Waals surface area contributed by atoms with E-state index >= 15 is 0 Å². The van der Waals surface area contributed by atoms with Gasteiger partial charge in [-0.25, -0.2) is 0 Å². The third-order valence-electron chi connectivity index (χ3n) is 23.3. The molecule has 2 aliphatic rings. The van der Waals surface area contributed by atoms with Crippen LogP contribution in [0.4, 0.5) is 34.1 Å². The summed E-state index contributed by atoms with van der Waals surface area (Å²) in [5.41, 5.74) is 34.0. The molecular weight excluding hydrogens is 1330 g/mol. The molecule has 0 unspecified atom stereocenters. The van der Waals surface area contributed by atoms with E-state index in [1.807, 2.05) is 11.3 Å². The van der Waals surface area contributed by atoms with Crippen LogP contribution in [0.25, 0.3) is 114 Å². The number of hydrogen-bond acceptors (Lipinski definition) is 3. The van der Waals surface area contributed by atoms with E-state index in [4.69, 9.17) is 0 Å². The highest BCUT2D eigenvalue weighted by Crippen LogP contribution is 2.55. The highest BCUT2D eigenvalue weighted by molar-refractivity contribution is 7.26. The molecule has 0 saturated carbocycles. The van der Waals surface area contributed by atoms with Gasteiger partial charge in [0.25, 0.3) is 6.71 Å². The van der Waals surface area contributed by atoms with Crippen molar-refractivity contribution in [2.24, 2.45) is 0 Å². The molecule has 0 aliphatic carbocycles. The summed E-state index contributed by atoms with van der Waals surface area (Å²) in [6.07, 6.45) is 0. The second kappa shape index (κ2) is 25.7. The Balaban J connectivity index is 1.03. The van der Waals surface area contributed by atoms with Gasteiger partial charge in [-0.2, -0.15) is 0 Å². The summed E-state index contributed by atoms with van der Waals surface area (Å²) in [4.78, 5) is 5.44. The molecule has 16 aromatic rings. The molecule has 0 radical (unpaired) electrons. The van der Waals surface area contributed by atoms with E-state index in [0.29, 0.717) is 0 Å². The van der Waals surface area contributed by atoms with E-state index < -0.39 is 0 Å². The first-order chi connectivity index (χ1) is 52.2. The van der Waals surface area contributed by atoms with Crippen molar-refractivity contribution in [3.63, 3.8) is 0 Å². The summed E-state index contributed by atoms with van der Waals surface area (Å²) in [5, 5.41) is 5.07. The van der Waals surface area contributed by atoms with Gasteiger partial charge in [0.05, 0.1) is 16.7 Å². The van der Waals surface area contributed by atoms with Crippen LogP contribution in [0.1, 0.15) is 132 Å². The number of hydrogen-bond donors (Lipinski definition) is 0. The number of benzene rings is 14. The van der Waals surface area contributed by atoms with Crippen LogP contribution >= 0.6 is 11.3 Å². The molecule has 0 amide bonds. The fourth-order valence-corrected chi connectivity index (χ4v) is 18.3. The van der Waals surface area contributed by atoms with E-state index in [0.717, 1.165) is 78.8 Å². The van der Waals surface area contributed by atoms with E-state index in [-0.39, 0.29) is 33.8 Å². The largest absolute Gasteiger partial charge is 0.311 e. The van der Waals surface area contributed by atoms with Crippen molar-refractivity contribution in [2.45, 2.75) is 131 Å². The second-order valence-corrected chi connectivity index (χ2v) is 36.9. The van der Waals surface area contributed by atoms with E-state index in [1.165, 1.54) is 114 Å². The Hall–Kier alpha value is -11.2. The van der Waals surface area contributed by atoms with Crippen molar-refractivity contribution in [1.29, 1.82) is 0 Å². The minimum Gasteiger partial charge on any atom is -0.311 e. The van der Waals surface area contributed by atoms with Gasteiger partial charge in [0.1, 0.15) is 0 Å². The first-order valence-electron chi connectivity index (χ1n) is 39.0. The molecule has 2 aromatic heterocycles. The Morgan fingerprint density at radius 3 is 1.22 bits per heavy atom. The highest BCUT2D eigenvalue weighted by Gasteiger charge is 2.46. The predicted molar refractivity (Wildman–Crippen MR) is 474 cm³/mol. The maximum absolute atomic E-state index is 2.75. The zero-order valence-corrected chi connectivity index (χ0v) is 66.4. The van der Waals surface area contributed by atoms with Gasteiger partial charge in [-0.1, -0.05) is 304 Å². The highest BCUT2D eigenvalue weighted by atomic mass is 32.1. The Bertz CT molecular complexity index is 6080. The molecule has 0 fully saturated rings. The van der Waals surface area contributed by atoms with Gasteiger partial charge < -0.3 is 14.4 Å². The summed E-state index contributed by atoms with van der Waals surface area (Å²) in [7, 11) is 0. The van der Waals surface area contributed by atoms with Crippen LogP contribution in [0.5, 0.6) is 0 Å². The van der Waals surface area contributed by atoms with Crippen molar-refractivity contribution in [3.8, 4) is 72.4 Å². The molecule has 18 rings (SSSR count). The number of nitrogens with zero attached hydrogens (tertiary/aromatic N) is 3. The molecular formula is C104H94BN3S. The van der Waals surface area contributed by atoms with E-state index in [2.05, 4.69) is 415 Å². The van der Waals surface area contributed by atoms with Crippen LogP contribution in [0.15, 0.2) is 297 Å². The lowest BCUT2D eigenvalue weighted by Crippen LogP contribution is -2.61. The molecule has 2 aliphatic heterocycles. The second-order valence-electron chi connectivity index (χ2n) is 35.8. The van der Waals surface area contributed by atoms with Crippen LogP contribution in [0.2, 0.25) is 0 Å². The van der Waals surface area contributed by atoms with Crippen LogP contribution in [-0.4, -0.2) is 11.3 Å². The number of anilines is 6. The van der Waals surface area contributed by atoms with Gasteiger partial charge in [0, 0.05) is 76.2 Å². The fraction of sp³-hybridized carbons (Fsp3) is 0.192. The van der Waals surface area contributed by atoms with Crippen LogP contribution in [0.3, 0.4) is 0 Å². The Morgan fingerprint density at radius 1 is 0.257 bits per heavy atom. The molecule has 534 valence electrons. The van der Waals surface area contributed by atoms with Crippen molar-refractivity contribution in [2.75, 3.05) is 9.80 Å². The molecule has 0 saturated heterocycles. The van der Waals surface area contributed by atoms with Crippen molar-refractivity contribution >= 4 is 111 Å². The fourth-order valence-electron chi connectivity index (χ4n) is 17.2. The summed E-state index contributed by atoms with van der Waals surface area (Å²) in [5.74, 6) is 0.